The third-order valence-electron chi connectivity index (χ3n) is 9.42. The lowest BCUT2D eigenvalue weighted by atomic mass is 10.3. The van der Waals surface area contributed by atoms with E-state index in [2.05, 4.69) is 66.7 Å². The van der Waals surface area contributed by atoms with E-state index in [1.807, 2.05) is 54.7 Å². The number of nitrogens with one attached hydrogen (secondary N) is 3. The first kappa shape index (κ1) is 41.6. The number of aliphatic carboxylic acids is 1. The number of aryl methyl sites for hydroxylation is 2. The Morgan fingerprint density at radius 3 is 2.38 bits per heavy atom. The number of rotatable bonds is 11. The van der Waals surface area contributed by atoms with Crippen LogP contribution in [0.25, 0.3) is 33.7 Å². The minimum atomic E-state index is -0.823. The van der Waals surface area contributed by atoms with E-state index in [-0.39, 0.29) is 12.3 Å². The van der Waals surface area contributed by atoms with Gasteiger partial charge in [0, 0.05) is 44.9 Å². The van der Waals surface area contributed by atoms with Crippen molar-refractivity contribution in [2.45, 2.75) is 51.6 Å². The van der Waals surface area contributed by atoms with E-state index in [1.165, 1.54) is 0 Å². The van der Waals surface area contributed by atoms with E-state index in [0.29, 0.717) is 98.6 Å². The van der Waals surface area contributed by atoms with Gasteiger partial charge in [-0.1, -0.05) is 10.4 Å². The Morgan fingerprint density at radius 2 is 1.62 bits per heavy atom. The number of carbonyl (C=O) groups is 2. The van der Waals surface area contributed by atoms with Gasteiger partial charge in [0.05, 0.1) is 60.8 Å². The fourth-order valence-electron chi connectivity index (χ4n) is 6.30. The highest BCUT2D eigenvalue weighted by Gasteiger charge is 2.14. The fourth-order valence-corrected chi connectivity index (χ4v) is 6.30. The van der Waals surface area contributed by atoms with Crippen LogP contribution in [0.4, 0.5) is 23.3 Å². The molecule has 0 atom stereocenters. The average molecular weight is 857 g/mol. The number of ether oxygens (including phenoxy) is 2. The predicted octanol–water partition coefficient (Wildman–Crippen LogP) is 3.57. The van der Waals surface area contributed by atoms with Crippen LogP contribution < -0.4 is 31.2 Å². The second-order valence-corrected chi connectivity index (χ2v) is 14.2. The molecule has 2 aliphatic heterocycles. The molecule has 0 unspecified atom stereocenters. The summed E-state index contributed by atoms with van der Waals surface area (Å²) in [5.74, 6) is 1.50. The van der Waals surface area contributed by atoms with Gasteiger partial charge in [0.25, 0.3) is 0 Å². The zero-order valence-electron chi connectivity index (χ0n) is 34.0. The van der Waals surface area contributed by atoms with Gasteiger partial charge in [0.15, 0.2) is 22.3 Å². The summed E-state index contributed by atoms with van der Waals surface area (Å²) in [6, 6.07) is 15.0. The number of aromatic nitrogens is 14. The molecular weight excluding hydrogens is 813 g/mol. The van der Waals surface area contributed by atoms with Crippen molar-refractivity contribution in [3.05, 3.63) is 85.7 Å². The summed E-state index contributed by atoms with van der Waals surface area (Å²) in [6.45, 7) is 3.41. The van der Waals surface area contributed by atoms with Crippen LogP contribution in [-0.4, -0.2) is 113 Å². The van der Waals surface area contributed by atoms with E-state index in [4.69, 9.17) is 20.3 Å². The Labute approximate surface area is 358 Å². The summed E-state index contributed by atoms with van der Waals surface area (Å²) in [6.07, 6.45) is 13.5. The summed E-state index contributed by atoms with van der Waals surface area (Å²) >= 11 is 0. The normalized spacial score (nSPS) is 13.1. The van der Waals surface area contributed by atoms with Gasteiger partial charge in [0.1, 0.15) is 11.5 Å². The van der Waals surface area contributed by atoms with Crippen molar-refractivity contribution in [2.75, 3.05) is 36.9 Å². The molecular formula is C40H44N18O5. The van der Waals surface area contributed by atoms with Crippen LogP contribution in [-0.2, 0) is 22.7 Å². The Kier molecular flexibility index (Phi) is 13.2. The summed E-state index contributed by atoms with van der Waals surface area (Å²) in [7, 11) is 0. The Hall–Kier alpha value is -8.08. The number of nitrogens with two attached hydrogens (primary N) is 1. The van der Waals surface area contributed by atoms with Crippen molar-refractivity contribution >= 4 is 57.5 Å². The molecule has 8 heterocycles. The van der Waals surface area contributed by atoms with E-state index < -0.39 is 5.97 Å². The molecule has 0 saturated heterocycles. The van der Waals surface area contributed by atoms with Crippen LogP contribution in [0.2, 0.25) is 0 Å². The van der Waals surface area contributed by atoms with Gasteiger partial charge >= 0.3 is 5.97 Å². The predicted molar refractivity (Wildman–Crippen MR) is 228 cm³/mol. The Balaban J connectivity index is 0.000000173. The number of amides is 1. The van der Waals surface area contributed by atoms with E-state index >= 15 is 0 Å². The number of hydrogen-bond acceptors (Lipinski definition) is 17. The second-order valence-electron chi connectivity index (χ2n) is 14.2. The number of hydrogen-bond donors (Lipinski definition) is 5. The minimum absolute atomic E-state index is 0.0329. The van der Waals surface area contributed by atoms with Gasteiger partial charge in [0.2, 0.25) is 17.8 Å². The highest BCUT2D eigenvalue weighted by molar-refractivity contribution is 5.76. The number of anilines is 4. The van der Waals surface area contributed by atoms with Gasteiger partial charge in [-0.25, -0.2) is 9.97 Å². The number of carboxylic acids is 1. The van der Waals surface area contributed by atoms with Gasteiger partial charge in [-0.3, -0.25) is 19.0 Å². The summed E-state index contributed by atoms with van der Waals surface area (Å²) in [5.41, 5.74) is 10.8. The zero-order chi connectivity index (χ0) is 43.4. The minimum Gasteiger partial charge on any atom is -0.494 e. The Bertz CT molecular complexity index is 2760. The molecule has 0 spiro atoms. The van der Waals surface area contributed by atoms with Crippen molar-refractivity contribution in [1.82, 2.24) is 74.8 Å². The van der Waals surface area contributed by atoms with Gasteiger partial charge in [-0.05, 0) is 80.8 Å². The molecule has 0 fully saturated rings. The molecule has 6 N–H and O–H groups in total. The molecule has 2 aromatic carbocycles. The average Bonchev–Trinajstić information content (AvgIpc) is 4.12. The first-order chi connectivity index (χ1) is 30.9. The number of nitrogens with zero attached hydrogens (tertiary/aromatic N) is 14. The van der Waals surface area contributed by atoms with Crippen LogP contribution in [0, 0.1) is 0 Å². The standard InChI is InChI=1S/C20H23N9O3.C20H21N9O2/c21-8-2-10-32-16-6-4-15(5-7-16)29-19-17(26-27-29)12-22-20(25-19)24-14-11-23-28(13-14)9-1-3-18(30)31;30-18-3-1-9-28-13-14(11-23-28)24-20-22-12-17-19(25-20)29(27-26-17)15-4-6-16(7-5-15)31-10-2-8-21-18/h4-7,11-13H,1-3,8-10,21H2,(H,30,31)(H,22,24,25);4-7,11-13H,1-3,8-10H2,(H,21,30)(H,22,24,25). The molecule has 0 aliphatic carbocycles. The maximum atomic E-state index is 12.0. The van der Waals surface area contributed by atoms with Crippen LogP contribution in [0.1, 0.15) is 38.5 Å². The highest BCUT2D eigenvalue weighted by Crippen LogP contribution is 2.22. The van der Waals surface area contributed by atoms with Crippen molar-refractivity contribution < 1.29 is 24.2 Å². The quantitative estimate of drug-likeness (QED) is 0.116. The summed E-state index contributed by atoms with van der Waals surface area (Å²) in [5, 5.41) is 43.2. The highest BCUT2D eigenvalue weighted by atomic mass is 16.5. The van der Waals surface area contributed by atoms with Crippen molar-refractivity contribution in [1.29, 1.82) is 0 Å². The van der Waals surface area contributed by atoms with Crippen LogP contribution in [0.3, 0.4) is 0 Å². The molecule has 324 valence electrons. The molecule has 0 radical (unpaired) electrons. The van der Waals surface area contributed by atoms with E-state index in [1.54, 1.807) is 49.7 Å². The lowest BCUT2D eigenvalue weighted by Gasteiger charge is -2.08. The molecule has 23 nitrogen and oxygen atoms in total. The van der Waals surface area contributed by atoms with Crippen LogP contribution in [0.15, 0.2) is 85.7 Å². The Morgan fingerprint density at radius 1 is 0.873 bits per heavy atom. The third kappa shape index (κ3) is 11.0. The van der Waals surface area contributed by atoms with Gasteiger partial charge in [-0.2, -0.15) is 29.5 Å². The van der Waals surface area contributed by atoms with E-state index in [0.717, 1.165) is 41.4 Å². The van der Waals surface area contributed by atoms with Crippen molar-refractivity contribution in [2.24, 2.45) is 5.73 Å². The van der Waals surface area contributed by atoms with E-state index in [9.17, 15) is 9.59 Å². The summed E-state index contributed by atoms with van der Waals surface area (Å²) in [4.78, 5) is 40.3. The molecule has 63 heavy (non-hydrogen) atoms. The van der Waals surface area contributed by atoms with Gasteiger partial charge in [-0.15, -0.1) is 10.2 Å². The lowest BCUT2D eigenvalue weighted by molar-refractivity contribution is -0.137. The first-order valence-corrected chi connectivity index (χ1v) is 20.3. The van der Waals surface area contributed by atoms with Crippen molar-refractivity contribution in [3.63, 3.8) is 0 Å². The molecule has 23 heteroatoms. The molecule has 10 rings (SSSR count). The second kappa shape index (κ2) is 20.0. The lowest BCUT2D eigenvalue weighted by Crippen LogP contribution is -2.25. The number of benzene rings is 2. The molecule has 0 saturated carbocycles. The molecule has 1 amide bonds. The zero-order valence-corrected chi connectivity index (χ0v) is 34.0. The largest absolute Gasteiger partial charge is 0.494 e. The molecule has 8 aromatic rings. The molecule has 6 bridgehead atoms. The number of carbonyl (C=O) groups excluding carboxylic acids is 1. The van der Waals surface area contributed by atoms with Gasteiger partial charge < -0.3 is 36.3 Å². The van der Waals surface area contributed by atoms with Crippen molar-refractivity contribution in [3.8, 4) is 22.9 Å². The smallest absolute Gasteiger partial charge is 0.303 e. The topological polar surface area (TPSA) is 284 Å². The number of carboxylic acid groups (broad SMARTS) is 1. The summed E-state index contributed by atoms with van der Waals surface area (Å²) < 4.78 is 18.1. The number of fused-ring (bicyclic) bond motifs is 11. The maximum Gasteiger partial charge on any atom is 0.303 e. The van der Waals surface area contributed by atoms with Crippen LogP contribution >= 0.6 is 0 Å². The monoisotopic (exact) mass is 856 g/mol. The molecule has 6 aromatic heterocycles. The maximum absolute atomic E-state index is 12.0. The first-order valence-electron chi connectivity index (χ1n) is 20.3. The molecule has 2 aliphatic rings. The third-order valence-corrected chi connectivity index (χ3v) is 9.42. The van der Waals surface area contributed by atoms with Crippen LogP contribution in [0.5, 0.6) is 11.5 Å². The SMILES string of the molecule is NCCCOc1ccc(-n2nnc3cnc(Nc4cnn(CCCC(=O)O)c4)nc32)cc1.O=C1CCCn2cc(cn2)Nc2ncc3nnn(c3n2)-c2ccc(cc2)OCCCN1. The fraction of sp³-hybridized carbons (Fsp3) is 0.300.